The van der Waals surface area contributed by atoms with Crippen LogP contribution in [0.25, 0.3) is 5.57 Å². The molecule has 0 fully saturated rings. The summed E-state index contributed by atoms with van der Waals surface area (Å²) in [6, 6.07) is 15.0. The third kappa shape index (κ3) is 7.61. The Labute approximate surface area is 235 Å². The standard InChI is InChI=1S/C35H42N4/c1-11-25(6)35-38-33(27(8)36-22-30-14-17-32(18-23(2)3)26(7)19-30)20-34(39(35)10)28(9)37-21-29-12-15-31(16-13-29)24(4)5/h11-17,19-20,36-37H,1-2,4,8-9,18,21-22H2,3,5-7,10H3/b35-25-. The molecule has 1 aliphatic rings. The van der Waals surface area contributed by atoms with E-state index in [9.17, 15) is 0 Å². The number of rotatable bonds is 12. The molecule has 2 aromatic rings. The Kier molecular flexibility index (Phi) is 9.73. The maximum absolute atomic E-state index is 4.91. The van der Waals surface area contributed by atoms with Crippen LogP contribution in [0.1, 0.15) is 48.6 Å². The summed E-state index contributed by atoms with van der Waals surface area (Å²) < 4.78 is 0. The van der Waals surface area contributed by atoms with Gasteiger partial charge in [0.1, 0.15) is 5.82 Å². The highest BCUT2D eigenvalue weighted by atomic mass is 15.2. The Hall–Kier alpha value is -4.31. The first-order valence-electron chi connectivity index (χ1n) is 13.2. The molecule has 0 aliphatic carbocycles. The first-order valence-corrected chi connectivity index (χ1v) is 13.2. The van der Waals surface area contributed by atoms with Gasteiger partial charge in [-0.2, -0.15) is 0 Å². The van der Waals surface area contributed by atoms with E-state index in [1.54, 1.807) is 0 Å². The van der Waals surface area contributed by atoms with Crippen molar-refractivity contribution in [2.75, 3.05) is 7.05 Å². The summed E-state index contributed by atoms with van der Waals surface area (Å²) in [5, 5.41) is 6.95. The summed E-state index contributed by atoms with van der Waals surface area (Å²) in [4.78, 5) is 6.95. The highest BCUT2D eigenvalue weighted by molar-refractivity contribution is 6.09. The van der Waals surface area contributed by atoms with E-state index in [2.05, 4.69) is 99.8 Å². The number of benzene rings is 2. The number of hydrogen-bond donors (Lipinski definition) is 2. The second kappa shape index (κ2) is 13.0. The molecule has 4 heteroatoms. The van der Waals surface area contributed by atoms with Crippen molar-refractivity contribution >= 4 is 11.3 Å². The van der Waals surface area contributed by atoms with Crippen LogP contribution in [0, 0.1) is 6.92 Å². The number of allylic oxidation sites excluding steroid dienone is 5. The third-order valence-electron chi connectivity index (χ3n) is 6.81. The van der Waals surface area contributed by atoms with Crippen molar-refractivity contribution in [3.8, 4) is 0 Å². The van der Waals surface area contributed by atoms with Crippen LogP contribution in [0.15, 0.2) is 127 Å². The van der Waals surface area contributed by atoms with Gasteiger partial charge >= 0.3 is 0 Å². The molecule has 0 radical (unpaired) electrons. The van der Waals surface area contributed by atoms with E-state index in [1.165, 1.54) is 22.3 Å². The van der Waals surface area contributed by atoms with Crippen LogP contribution in [-0.2, 0) is 19.5 Å². The number of hydrogen-bond acceptors (Lipinski definition) is 4. The van der Waals surface area contributed by atoms with Crippen LogP contribution in [0.5, 0.6) is 0 Å². The summed E-state index contributed by atoms with van der Waals surface area (Å²) in [6.45, 7) is 30.2. The van der Waals surface area contributed by atoms with Crippen LogP contribution in [0.3, 0.4) is 0 Å². The first-order chi connectivity index (χ1) is 18.5. The molecule has 1 heterocycles. The van der Waals surface area contributed by atoms with Gasteiger partial charge in [0.15, 0.2) is 0 Å². The molecule has 0 amide bonds. The van der Waals surface area contributed by atoms with Crippen LogP contribution in [0.4, 0.5) is 0 Å². The number of likely N-dealkylation sites (N-methyl/N-ethyl adjacent to an activating group) is 1. The summed E-state index contributed by atoms with van der Waals surface area (Å²) in [7, 11) is 1.99. The minimum atomic E-state index is 0.657. The predicted octanol–water partition coefficient (Wildman–Crippen LogP) is 7.74. The molecule has 39 heavy (non-hydrogen) atoms. The fourth-order valence-electron chi connectivity index (χ4n) is 4.35. The molecule has 1 aliphatic heterocycles. The molecule has 0 unspecified atom stereocenters. The van der Waals surface area contributed by atoms with Gasteiger partial charge in [-0.15, -0.1) is 0 Å². The Balaban J connectivity index is 1.76. The molecular weight excluding hydrogens is 476 g/mol. The summed E-state index contributed by atoms with van der Waals surface area (Å²) in [5.41, 5.74) is 12.5. The first kappa shape index (κ1) is 29.2. The number of aryl methyl sites for hydroxylation is 1. The zero-order valence-electron chi connectivity index (χ0n) is 24.2. The summed E-state index contributed by atoms with van der Waals surface area (Å²) in [6.07, 6.45) is 4.75. The lowest BCUT2D eigenvalue weighted by molar-refractivity contribution is 0.501. The quantitative estimate of drug-likeness (QED) is 0.282. The second-order valence-electron chi connectivity index (χ2n) is 10.3. The highest BCUT2D eigenvalue weighted by Crippen LogP contribution is 2.26. The Morgan fingerprint density at radius 3 is 2.10 bits per heavy atom. The monoisotopic (exact) mass is 518 g/mol. The van der Waals surface area contributed by atoms with Gasteiger partial charge in [-0.05, 0) is 73.6 Å². The normalized spacial score (nSPS) is 14.1. The Morgan fingerprint density at radius 2 is 1.51 bits per heavy atom. The van der Waals surface area contributed by atoms with E-state index in [4.69, 9.17) is 4.99 Å². The third-order valence-corrected chi connectivity index (χ3v) is 6.81. The highest BCUT2D eigenvalue weighted by Gasteiger charge is 2.21. The predicted molar refractivity (Wildman–Crippen MR) is 169 cm³/mol. The molecule has 4 nitrogen and oxygen atoms in total. The number of aliphatic imine (C=N–C) groups is 1. The molecule has 2 N–H and O–H groups in total. The number of nitrogens with one attached hydrogen (secondary N) is 2. The fourth-order valence-corrected chi connectivity index (χ4v) is 4.35. The van der Waals surface area contributed by atoms with Crippen molar-refractivity contribution in [3.63, 3.8) is 0 Å². The lowest BCUT2D eigenvalue weighted by atomic mass is 10.00. The topological polar surface area (TPSA) is 39.7 Å². The lowest BCUT2D eigenvalue weighted by Crippen LogP contribution is -2.30. The molecule has 202 valence electrons. The van der Waals surface area contributed by atoms with Gasteiger partial charge in [-0.3, -0.25) is 0 Å². The van der Waals surface area contributed by atoms with Crippen LogP contribution >= 0.6 is 0 Å². The van der Waals surface area contributed by atoms with E-state index >= 15 is 0 Å². The minimum Gasteiger partial charge on any atom is -0.380 e. The maximum atomic E-state index is 4.91. The summed E-state index contributed by atoms with van der Waals surface area (Å²) in [5.74, 6) is 0.814. The molecule has 3 rings (SSSR count). The molecular formula is C35H42N4. The largest absolute Gasteiger partial charge is 0.380 e. The van der Waals surface area contributed by atoms with Gasteiger partial charge in [0.25, 0.3) is 0 Å². The molecule has 0 aromatic heterocycles. The van der Waals surface area contributed by atoms with E-state index in [-0.39, 0.29) is 0 Å². The Morgan fingerprint density at radius 1 is 0.897 bits per heavy atom. The maximum Gasteiger partial charge on any atom is 0.136 e. The molecule has 0 atom stereocenters. The zero-order valence-corrected chi connectivity index (χ0v) is 24.2. The van der Waals surface area contributed by atoms with Crippen LogP contribution in [0.2, 0.25) is 0 Å². The van der Waals surface area contributed by atoms with Crippen molar-refractivity contribution in [2.24, 2.45) is 4.99 Å². The van der Waals surface area contributed by atoms with Gasteiger partial charge in [0, 0.05) is 20.1 Å². The van der Waals surface area contributed by atoms with Crippen molar-refractivity contribution in [1.82, 2.24) is 15.5 Å². The smallest absolute Gasteiger partial charge is 0.136 e. The van der Waals surface area contributed by atoms with Gasteiger partial charge in [-0.25, -0.2) is 4.99 Å². The molecule has 2 aromatic carbocycles. The average Bonchev–Trinajstić information content (AvgIpc) is 2.91. The van der Waals surface area contributed by atoms with Crippen molar-refractivity contribution in [3.05, 3.63) is 149 Å². The van der Waals surface area contributed by atoms with Crippen molar-refractivity contribution in [2.45, 2.75) is 47.2 Å². The van der Waals surface area contributed by atoms with Gasteiger partial charge in [-0.1, -0.05) is 92.6 Å². The number of nitrogens with zero attached hydrogens (tertiary/aromatic N) is 2. The lowest BCUT2D eigenvalue weighted by Gasteiger charge is -2.30. The summed E-state index contributed by atoms with van der Waals surface area (Å²) >= 11 is 0. The van der Waals surface area contributed by atoms with E-state index < -0.39 is 0 Å². The van der Waals surface area contributed by atoms with Crippen molar-refractivity contribution in [1.29, 1.82) is 0 Å². The minimum absolute atomic E-state index is 0.657. The Bertz CT molecular complexity index is 1400. The van der Waals surface area contributed by atoms with E-state index in [0.717, 1.165) is 57.3 Å². The van der Waals surface area contributed by atoms with E-state index in [1.807, 2.05) is 37.9 Å². The van der Waals surface area contributed by atoms with Crippen LogP contribution < -0.4 is 10.6 Å². The van der Waals surface area contributed by atoms with Crippen LogP contribution in [-0.4, -0.2) is 17.7 Å². The molecule has 0 saturated heterocycles. The fraction of sp³-hybridized carbons (Fsp3) is 0.229. The van der Waals surface area contributed by atoms with E-state index in [0.29, 0.717) is 13.1 Å². The molecule has 0 spiro atoms. The van der Waals surface area contributed by atoms with Gasteiger partial charge in [0.2, 0.25) is 0 Å². The SMILES string of the molecule is C=C/C(C)=C1/N=C(C(=C)NCc2ccc(CC(=C)C)c(C)c2)C=C(C(=C)NCc2ccc(C(=C)C)cc2)N1C. The van der Waals surface area contributed by atoms with Gasteiger partial charge in [0.05, 0.1) is 22.8 Å². The molecule has 0 saturated carbocycles. The van der Waals surface area contributed by atoms with Crippen molar-refractivity contribution < 1.29 is 0 Å². The van der Waals surface area contributed by atoms with Gasteiger partial charge < -0.3 is 15.5 Å². The average molecular weight is 519 g/mol. The molecule has 0 bridgehead atoms. The zero-order chi connectivity index (χ0) is 28.7. The second-order valence-corrected chi connectivity index (χ2v) is 10.3.